The molecule has 0 aliphatic carbocycles. The molecule has 1 amide bonds. The smallest absolute Gasteiger partial charge is 0.232 e. The van der Waals surface area contributed by atoms with Crippen molar-refractivity contribution >= 4 is 44.8 Å². The van der Waals surface area contributed by atoms with Gasteiger partial charge in [-0.2, -0.15) is 0 Å². The predicted molar refractivity (Wildman–Crippen MR) is 118 cm³/mol. The number of carbonyl (C=O) groups is 1. The molecule has 0 aliphatic rings. The van der Waals surface area contributed by atoms with Crippen LogP contribution in [0.5, 0.6) is 5.75 Å². The SMILES string of the molecule is Cc1ccc(Cl)cc1N(CCCC(=O)NCCOc1ccc(Cl)cc1)S(C)(=O)=O. The summed E-state index contributed by atoms with van der Waals surface area (Å²) in [4.78, 5) is 12.0. The summed E-state index contributed by atoms with van der Waals surface area (Å²) in [5, 5.41) is 3.84. The number of nitrogens with one attached hydrogen (secondary N) is 1. The van der Waals surface area contributed by atoms with Crippen LogP contribution < -0.4 is 14.4 Å². The molecule has 0 heterocycles. The normalized spacial score (nSPS) is 11.2. The maximum atomic E-state index is 12.2. The van der Waals surface area contributed by atoms with Gasteiger partial charge in [0.1, 0.15) is 12.4 Å². The highest BCUT2D eigenvalue weighted by atomic mass is 35.5. The lowest BCUT2D eigenvalue weighted by Crippen LogP contribution is -2.33. The molecule has 2 rings (SSSR count). The second-order valence-corrected chi connectivity index (χ2v) is 9.30. The third kappa shape index (κ3) is 7.76. The molecule has 0 spiro atoms. The lowest BCUT2D eigenvalue weighted by atomic mass is 10.2. The molecular formula is C20H24Cl2N2O4S. The van der Waals surface area contributed by atoms with E-state index >= 15 is 0 Å². The molecule has 0 atom stereocenters. The number of benzene rings is 2. The number of anilines is 1. The van der Waals surface area contributed by atoms with Gasteiger partial charge in [-0.05, 0) is 55.3 Å². The summed E-state index contributed by atoms with van der Waals surface area (Å²) in [6.45, 7) is 2.68. The Balaban J connectivity index is 1.79. The number of aryl methyl sites for hydroxylation is 1. The first-order valence-corrected chi connectivity index (χ1v) is 11.7. The van der Waals surface area contributed by atoms with E-state index in [0.29, 0.717) is 41.1 Å². The van der Waals surface area contributed by atoms with Crippen molar-refractivity contribution in [3.05, 3.63) is 58.1 Å². The van der Waals surface area contributed by atoms with Crippen molar-refractivity contribution in [1.82, 2.24) is 5.32 Å². The minimum Gasteiger partial charge on any atom is -0.492 e. The van der Waals surface area contributed by atoms with E-state index in [1.54, 1.807) is 42.5 Å². The van der Waals surface area contributed by atoms with Crippen molar-refractivity contribution in [1.29, 1.82) is 0 Å². The van der Waals surface area contributed by atoms with Crippen LogP contribution in [0.1, 0.15) is 18.4 Å². The number of halogens is 2. The molecule has 29 heavy (non-hydrogen) atoms. The molecule has 2 aromatic rings. The van der Waals surface area contributed by atoms with E-state index in [9.17, 15) is 13.2 Å². The summed E-state index contributed by atoms with van der Waals surface area (Å²) in [6, 6.07) is 12.1. The Bertz CT molecular complexity index is 934. The molecule has 9 heteroatoms. The zero-order chi connectivity index (χ0) is 21.4. The molecule has 0 saturated heterocycles. The van der Waals surface area contributed by atoms with E-state index in [4.69, 9.17) is 27.9 Å². The van der Waals surface area contributed by atoms with E-state index in [2.05, 4.69) is 5.32 Å². The van der Waals surface area contributed by atoms with Gasteiger partial charge in [0.2, 0.25) is 15.9 Å². The number of hydrogen-bond donors (Lipinski definition) is 1. The van der Waals surface area contributed by atoms with Gasteiger partial charge in [-0.3, -0.25) is 9.10 Å². The molecule has 0 unspecified atom stereocenters. The third-order valence-electron chi connectivity index (χ3n) is 4.11. The quantitative estimate of drug-likeness (QED) is 0.544. The summed E-state index contributed by atoms with van der Waals surface area (Å²) in [6.07, 6.45) is 1.72. The van der Waals surface area contributed by atoms with Gasteiger partial charge in [-0.25, -0.2) is 8.42 Å². The fourth-order valence-corrected chi connectivity index (χ4v) is 3.98. The average Bonchev–Trinajstić information content (AvgIpc) is 2.65. The summed E-state index contributed by atoms with van der Waals surface area (Å²) >= 11 is 11.8. The van der Waals surface area contributed by atoms with E-state index < -0.39 is 10.0 Å². The van der Waals surface area contributed by atoms with Gasteiger partial charge in [0.25, 0.3) is 0 Å². The standard InChI is InChI=1S/C20H24Cl2N2O4S/c1-15-5-6-17(22)14-19(15)24(29(2,26)27)12-3-4-20(25)23-11-13-28-18-9-7-16(21)8-10-18/h5-10,14H,3-4,11-13H2,1-2H3,(H,23,25). The Morgan fingerprint density at radius 1 is 1.10 bits per heavy atom. The zero-order valence-electron chi connectivity index (χ0n) is 16.3. The van der Waals surface area contributed by atoms with Crippen LogP contribution in [0.4, 0.5) is 5.69 Å². The van der Waals surface area contributed by atoms with Crippen LogP contribution in [0.2, 0.25) is 10.0 Å². The van der Waals surface area contributed by atoms with Gasteiger partial charge in [0, 0.05) is 23.0 Å². The van der Waals surface area contributed by atoms with Crippen LogP contribution in [0.15, 0.2) is 42.5 Å². The lowest BCUT2D eigenvalue weighted by molar-refractivity contribution is -0.121. The minimum atomic E-state index is -3.50. The van der Waals surface area contributed by atoms with Gasteiger partial charge in [0.15, 0.2) is 0 Å². The minimum absolute atomic E-state index is 0.166. The Morgan fingerprint density at radius 2 is 1.76 bits per heavy atom. The first-order chi connectivity index (χ1) is 13.7. The first kappa shape index (κ1) is 23.3. The molecular weight excluding hydrogens is 435 g/mol. The van der Waals surface area contributed by atoms with Gasteiger partial charge < -0.3 is 10.1 Å². The zero-order valence-corrected chi connectivity index (χ0v) is 18.6. The van der Waals surface area contributed by atoms with Crippen LogP contribution >= 0.6 is 23.2 Å². The molecule has 0 aliphatic heterocycles. The Morgan fingerprint density at radius 3 is 2.41 bits per heavy atom. The highest BCUT2D eigenvalue weighted by molar-refractivity contribution is 7.92. The fourth-order valence-electron chi connectivity index (χ4n) is 2.68. The van der Waals surface area contributed by atoms with Crippen molar-refractivity contribution in [3.8, 4) is 5.75 Å². The Hall–Kier alpha value is -1.96. The van der Waals surface area contributed by atoms with Gasteiger partial charge in [0.05, 0.1) is 18.5 Å². The summed E-state index contributed by atoms with van der Waals surface area (Å²) < 4.78 is 31.2. The van der Waals surface area contributed by atoms with Crippen molar-refractivity contribution in [2.45, 2.75) is 19.8 Å². The lowest BCUT2D eigenvalue weighted by Gasteiger charge is -2.24. The molecule has 0 radical (unpaired) electrons. The number of carbonyl (C=O) groups excluding carboxylic acids is 1. The summed E-state index contributed by atoms with van der Waals surface area (Å²) in [5.74, 6) is 0.505. The predicted octanol–water partition coefficient (Wildman–Crippen LogP) is 4.04. The van der Waals surface area contributed by atoms with Gasteiger partial charge >= 0.3 is 0 Å². The number of ether oxygens (including phenoxy) is 1. The van der Waals surface area contributed by atoms with Crippen molar-refractivity contribution < 1.29 is 17.9 Å². The third-order valence-corrected chi connectivity index (χ3v) is 5.78. The van der Waals surface area contributed by atoms with Crippen molar-refractivity contribution in [2.75, 3.05) is 30.3 Å². The maximum Gasteiger partial charge on any atom is 0.232 e. The molecule has 0 bridgehead atoms. The first-order valence-electron chi connectivity index (χ1n) is 9.06. The van der Waals surface area contributed by atoms with Gasteiger partial charge in [-0.15, -0.1) is 0 Å². The Kier molecular flexibility index (Phi) is 8.61. The second kappa shape index (κ2) is 10.7. The second-order valence-electron chi connectivity index (χ2n) is 6.52. The summed E-state index contributed by atoms with van der Waals surface area (Å²) in [7, 11) is -3.50. The monoisotopic (exact) mass is 458 g/mol. The molecule has 0 aromatic heterocycles. The fraction of sp³-hybridized carbons (Fsp3) is 0.350. The number of nitrogens with zero attached hydrogens (tertiary/aromatic N) is 1. The number of sulfonamides is 1. The van der Waals surface area contributed by atoms with E-state index in [0.717, 1.165) is 11.8 Å². The molecule has 6 nitrogen and oxygen atoms in total. The van der Waals surface area contributed by atoms with Gasteiger partial charge in [-0.1, -0.05) is 29.3 Å². The van der Waals surface area contributed by atoms with E-state index in [1.165, 1.54) is 4.31 Å². The van der Waals surface area contributed by atoms with Crippen LogP contribution in [-0.2, 0) is 14.8 Å². The number of rotatable bonds is 10. The Labute approximate surface area is 181 Å². The average molecular weight is 459 g/mol. The molecule has 158 valence electrons. The van der Waals surface area contributed by atoms with Crippen molar-refractivity contribution in [2.24, 2.45) is 0 Å². The van der Waals surface area contributed by atoms with E-state index in [1.807, 2.05) is 6.92 Å². The molecule has 1 N–H and O–H groups in total. The van der Waals surface area contributed by atoms with Crippen LogP contribution in [0.25, 0.3) is 0 Å². The summed E-state index contributed by atoms with van der Waals surface area (Å²) in [5.41, 5.74) is 1.32. The largest absolute Gasteiger partial charge is 0.492 e. The number of hydrogen-bond acceptors (Lipinski definition) is 4. The van der Waals surface area contributed by atoms with Crippen LogP contribution in [0.3, 0.4) is 0 Å². The number of amides is 1. The topological polar surface area (TPSA) is 75.7 Å². The molecule has 2 aromatic carbocycles. The van der Waals surface area contributed by atoms with E-state index in [-0.39, 0.29) is 18.9 Å². The molecule has 0 saturated carbocycles. The maximum absolute atomic E-state index is 12.2. The highest BCUT2D eigenvalue weighted by Gasteiger charge is 2.19. The molecule has 0 fully saturated rings. The van der Waals surface area contributed by atoms with Crippen LogP contribution in [-0.4, -0.2) is 40.3 Å². The van der Waals surface area contributed by atoms with Crippen molar-refractivity contribution in [3.63, 3.8) is 0 Å². The highest BCUT2D eigenvalue weighted by Crippen LogP contribution is 2.26. The van der Waals surface area contributed by atoms with Crippen LogP contribution in [0, 0.1) is 6.92 Å².